The molecule has 0 atom stereocenters. The number of hydrogen-bond acceptors (Lipinski definition) is 2. The van der Waals surface area contributed by atoms with Crippen molar-refractivity contribution in [2.75, 3.05) is 16.8 Å². The third kappa shape index (κ3) is 1.88. The molecule has 0 bridgehead atoms. The first kappa shape index (κ1) is 10.9. The summed E-state index contributed by atoms with van der Waals surface area (Å²) in [6.07, 6.45) is 2.46. The molecule has 0 aliphatic carbocycles. The minimum absolute atomic E-state index is 1.04. The van der Waals surface area contributed by atoms with Gasteiger partial charge in [-0.3, -0.25) is 0 Å². The van der Waals surface area contributed by atoms with Crippen molar-refractivity contribution in [2.45, 2.75) is 25.9 Å². The highest BCUT2D eigenvalue weighted by molar-refractivity contribution is 5.64. The molecule has 2 aliphatic heterocycles. The standard InChI is InChI=1S/C17H18N2/c1-2-5-15-12-19(11-14(15)4-1)16-8-7-13-6-3-9-18-17(13)10-16/h1-2,4-5,7-8,10,18H,3,6,9,11-12H2. The van der Waals surface area contributed by atoms with Gasteiger partial charge in [0.15, 0.2) is 0 Å². The summed E-state index contributed by atoms with van der Waals surface area (Å²) in [4.78, 5) is 2.46. The maximum Gasteiger partial charge on any atom is 0.0436 e. The maximum atomic E-state index is 3.52. The number of anilines is 2. The van der Waals surface area contributed by atoms with Gasteiger partial charge >= 0.3 is 0 Å². The second-order valence-electron chi connectivity index (χ2n) is 5.50. The van der Waals surface area contributed by atoms with E-state index < -0.39 is 0 Å². The third-order valence-electron chi connectivity index (χ3n) is 4.24. The predicted molar refractivity (Wildman–Crippen MR) is 79.6 cm³/mol. The molecule has 0 amide bonds. The highest BCUT2D eigenvalue weighted by Gasteiger charge is 2.19. The van der Waals surface area contributed by atoms with Crippen LogP contribution in [-0.2, 0) is 19.5 Å². The molecule has 0 aromatic heterocycles. The zero-order chi connectivity index (χ0) is 12.7. The Kier molecular flexibility index (Phi) is 2.47. The molecule has 2 aliphatic rings. The second kappa shape index (κ2) is 4.30. The molecule has 96 valence electrons. The van der Waals surface area contributed by atoms with Gasteiger partial charge in [0.05, 0.1) is 0 Å². The molecule has 2 aromatic carbocycles. The monoisotopic (exact) mass is 250 g/mol. The average molecular weight is 250 g/mol. The van der Waals surface area contributed by atoms with Gasteiger partial charge in [-0.05, 0) is 41.7 Å². The molecule has 0 spiro atoms. The van der Waals surface area contributed by atoms with Crippen LogP contribution in [-0.4, -0.2) is 6.54 Å². The number of aryl methyl sites for hydroxylation is 1. The number of hydrogen-bond donors (Lipinski definition) is 1. The van der Waals surface area contributed by atoms with Crippen molar-refractivity contribution in [1.82, 2.24) is 0 Å². The van der Waals surface area contributed by atoms with Crippen molar-refractivity contribution < 1.29 is 0 Å². The lowest BCUT2D eigenvalue weighted by molar-refractivity contribution is 0.826. The lowest BCUT2D eigenvalue weighted by Gasteiger charge is -2.23. The van der Waals surface area contributed by atoms with E-state index >= 15 is 0 Å². The van der Waals surface area contributed by atoms with Gasteiger partial charge < -0.3 is 10.2 Å². The summed E-state index contributed by atoms with van der Waals surface area (Å²) in [5.74, 6) is 0. The highest BCUT2D eigenvalue weighted by atomic mass is 15.1. The number of benzene rings is 2. The average Bonchev–Trinajstić information content (AvgIpc) is 2.90. The van der Waals surface area contributed by atoms with Crippen LogP contribution in [0.5, 0.6) is 0 Å². The van der Waals surface area contributed by atoms with Gasteiger partial charge in [-0.25, -0.2) is 0 Å². The Bertz CT molecular complexity index is 593. The van der Waals surface area contributed by atoms with Gasteiger partial charge in [0, 0.05) is 31.0 Å². The Hall–Kier alpha value is -1.96. The minimum Gasteiger partial charge on any atom is -0.385 e. The van der Waals surface area contributed by atoms with Gasteiger partial charge in [-0.1, -0.05) is 30.3 Å². The molecule has 0 radical (unpaired) electrons. The van der Waals surface area contributed by atoms with Crippen LogP contribution in [0.3, 0.4) is 0 Å². The van der Waals surface area contributed by atoms with Gasteiger partial charge in [0.2, 0.25) is 0 Å². The van der Waals surface area contributed by atoms with Crippen molar-refractivity contribution >= 4 is 11.4 Å². The van der Waals surface area contributed by atoms with Crippen LogP contribution in [0.4, 0.5) is 11.4 Å². The maximum absolute atomic E-state index is 3.52. The molecule has 0 saturated heterocycles. The van der Waals surface area contributed by atoms with Crippen LogP contribution in [0.25, 0.3) is 0 Å². The lowest BCUT2D eigenvalue weighted by atomic mass is 10.0. The van der Waals surface area contributed by atoms with Crippen LogP contribution >= 0.6 is 0 Å². The minimum atomic E-state index is 1.04. The first-order chi connectivity index (χ1) is 9.40. The number of nitrogens with zero attached hydrogens (tertiary/aromatic N) is 1. The van der Waals surface area contributed by atoms with E-state index in [1.165, 1.54) is 40.9 Å². The van der Waals surface area contributed by atoms with Gasteiger partial charge in [0.1, 0.15) is 0 Å². The van der Waals surface area contributed by atoms with Crippen molar-refractivity contribution in [2.24, 2.45) is 0 Å². The molecule has 2 heteroatoms. The third-order valence-corrected chi connectivity index (χ3v) is 4.24. The van der Waals surface area contributed by atoms with Crippen molar-refractivity contribution in [3.63, 3.8) is 0 Å². The number of fused-ring (bicyclic) bond motifs is 2. The Labute approximate surface area is 114 Å². The zero-order valence-corrected chi connectivity index (χ0v) is 11.0. The quantitative estimate of drug-likeness (QED) is 0.832. The largest absolute Gasteiger partial charge is 0.385 e. The SMILES string of the molecule is c1ccc2c(c1)CN(c1ccc3c(c1)NCCC3)C2. The van der Waals surface area contributed by atoms with Crippen LogP contribution in [0.2, 0.25) is 0 Å². The summed E-state index contributed by atoms with van der Waals surface area (Å²) in [6.45, 7) is 3.18. The first-order valence-electron chi connectivity index (χ1n) is 7.09. The van der Waals surface area contributed by atoms with E-state index in [4.69, 9.17) is 0 Å². The molecule has 1 N–H and O–H groups in total. The fraction of sp³-hybridized carbons (Fsp3) is 0.294. The molecule has 2 aromatic rings. The van der Waals surface area contributed by atoms with Gasteiger partial charge in [0.25, 0.3) is 0 Å². The van der Waals surface area contributed by atoms with Gasteiger partial charge in [-0.15, -0.1) is 0 Å². The first-order valence-corrected chi connectivity index (χ1v) is 7.09. The van der Waals surface area contributed by atoms with Crippen molar-refractivity contribution in [1.29, 1.82) is 0 Å². The fourth-order valence-electron chi connectivity index (χ4n) is 3.16. The zero-order valence-electron chi connectivity index (χ0n) is 11.0. The molecule has 19 heavy (non-hydrogen) atoms. The Morgan fingerprint density at radius 2 is 1.68 bits per heavy atom. The molecular formula is C17H18N2. The number of nitrogens with one attached hydrogen (secondary N) is 1. The van der Waals surface area contributed by atoms with E-state index in [-0.39, 0.29) is 0 Å². The fourth-order valence-corrected chi connectivity index (χ4v) is 3.16. The molecule has 0 saturated carbocycles. The molecule has 0 fully saturated rings. The van der Waals surface area contributed by atoms with Crippen LogP contribution < -0.4 is 10.2 Å². The second-order valence-corrected chi connectivity index (χ2v) is 5.50. The summed E-state index contributed by atoms with van der Waals surface area (Å²) in [7, 11) is 0. The molecular weight excluding hydrogens is 232 g/mol. The molecule has 0 unspecified atom stereocenters. The lowest BCUT2D eigenvalue weighted by Crippen LogP contribution is -2.16. The summed E-state index contributed by atoms with van der Waals surface area (Å²) in [5, 5.41) is 3.52. The topological polar surface area (TPSA) is 15.3 Å². The van der Waals surface area contributed by atoms with Crippen LogP contribution in [0.15, 0.2) is 42.5 Å². The van der Waals surface area contributed by atoms with E-state index in [0.717, 1.165) is 19.6 Å². The Morgan fingerprint density at radius 1 is 0.895 bits per heavy atom. The molecule has 2 nitrogen and oxygen atoms in total. The highest BCUT2D eigenvalue weighted by Crippen LogP contribution is 2.32. The smallest absolute Gasteiger partial charge is 0.0436 e. The van der Waals surface area contributed by atoms with E-state index in [9.17, 15) is 0 Å². The molecule has 4 rings (SSSR count). The summed E-state index contributed by atoms with van der Waals surface area (Å²) >= 11 is 0. The number of rotatable bonds is 1. The van der Waals surface area contributed by atoms with Crippen molar-refractivity contribution in [3.8, 4) is 0 Å². The van der Waals surface area contributed by atoms with Crippen LogP contribution in [0.1, 0.15) is 23.1 Å². The van der Waals surface area contributed by atoms with E-state index in [0.29, 0.717) is 0 Å². The summed E-state index contributed by atoms with van der Waals surface area (Å²) < 4.78 is 0. The van der Waals surface area contributed by atoms with Crippen LogP contribution in [0, 0.1) is 0 Å². The summed E-state index contributed by atoms with van der Waals surface area (Å²) in [5.41, 5.74) is 7.07. The summed E-state index contributed by atoms with van der Waals surface area (Å²) in [6, 6.07) is 15.6. The Morgan fingerprint density at radius 3 is 2.47 bits per heavy atom. The van der Waals surface area contributed by atoms with E-state index in [1.807, 2.05) is 0 Å². The van der Waals surface area contributed by atoms with E-state index in [2.05, 4.69) is 52.7 Å². The van der Waals surface area contributed by atoms with E-state index in [1.54, 1.807) is 0 Å². The van der Waals surface area contributed by atoms with Crippen molar-refractivity contribution in [3.05, 3.63) is 59.2 Å². The molecule has 2 heterocycles. The normalized spacial score (nSPS) is 16.7. The predicted octanol–water partition coefficient (Wildman–Crippen LogP) is 3.56. The van der Waals surface area contributed by atoms with Gasteiger partial charge in [-0.2, -0.15) is 0 Å². The Balaban J connectivity index is 1.64.